The second kappa shape index (κ2) is 8.93. The van der Waals surface area contributed by atoms with Gasteiger partial charge in [0.1, 0.15) is 11.3 Å². The van der Waals surface area contributed by atoms with E-state index in [2.05, 4.69) is 134 Å². The number of benzene rings is 7. The van der Waals surface area contributed by atoms with Gasteiger partial charge in [-0.1, -0.05) is 127 Å². The van der Waals surface area contributed by atoms with Crippen molar-refractivity contribution in [1.29, 1.82) is 0 Å². The van der Waals surface area contributed by atoms with Crippen LogP contribution in [0.5, 0.6) is 0 Å². The van der Waals surface area contributed by atoms with Crippen molar-refractivity contribution < 1.29 is 4.42 Å². The molecular formula is C41H28O. The number of furan rings is 1. The normalized spacial score (nSPS) is 12.7. The smallest absolute Gasteiger partial charge is 0.143 e. The van der Waals surface area contributed by atoms with Gasteiger partial charge in [-0.25, -0.2) is 0 Å². The van der Waals surface area contributed by atoms with Gasteiger partial charge in [0.05, 0.1) is 0 Å². The number of fused-ring (bicyclic) bond motifs is 9. The van der Waals surface area contributed by atoms with Gasteiger partial charge in [0.25, 0.3) is 0 Å². The lowest BCUT2D eigenvalue weighted by molar-refractivity contribution is 0.547. The molecule has 0 unspecified atom stereocenters. The standard InChI is InChI=1S/C41H28O/c1-25-18-20-27(21-19-25)37-31-14-6-8-16-33(31)38(34-17-9-7-15-32(34)37)35-24-28-11-3-5-13-30(28)40-39-29-12-4-2-10-26(29)22-23-36(39)42-41(35)40/h2-21,24H,22-23H2,1H3. The van der Waals surface area contributed by atoms with Crippen molar-refractivity contribution in [2.75, 3.05) is 0 Å². The second-order valence-electron chi connectivity index (χ2n) is 11.6. The van der Waals surface area contributed by atoms with E-state index in [9.17, 15) is 0 Å². The fraction of sp³-hybridized carbons (Fsp3) is 0.0732. The van der Waals surface area contributed by atoms with Crippen molar-refractivity contribution in [3.05, 3.63) is 144 Å². The molecule has 9 rings (SSSR count). The van der Waals surface area contributed by atoms with Crippen LogP contribution in [-0.2, 0) is 12.8 Å². The average Bonchev–Trinajstić information content (AvgIpc) is 3.45. The van der Waals surface area contributed by atoms with Crippen molar-refractivity contribution in [1.82, 2.24) is 0 Å². The summed E-state index contributed by atoms with van der Waals surface area (Å²) in [6, 6.07) is 46.8. The Hall–Kier alpha value is -5.14. The SMILES string of the molecule is Cc1ccc(-c2c3ccccc3c(-c3cc4ccccc4c4c5c(oc34)CCc3ccccc3-5)c3ccccc23)cc1. The van der Waals surface area contributed by atoms with Gasteiger partial charge in [-0.05, 0) is 74.0 Å². The third kappa shape index (κ3) is 3.31. The average molecular weight is 537 g/mol. The predicted octanol–water partition coefficient (Wildman–Crippen LogP) is 11.3. The topological polar surface area (TPSA) is 13.1 Å². The molecule has 1 aliphatic rings. The van der Waals surface area contributed by atoms with E-state index in [-0.39, 0.29) is 0 Å². The van der Waals surface area contributed by atoms with Crippen LogP contribution in [0.15, 0.2) is 132 Å². The van der Waals surface area contributed by atoms with E-state index in [0.717, 1.165) is 24.2 Å². The highest BCUT2D eigenvalue weighted by Gasteiger charge is 2.27. The highest BCUT2D eigenvalue weighted by Crippen LogP contribution is 2.50. The van der Waals surface area contributed by atoms with Crippen molar-refractivity contribution in [2.24, 2.45) is 0 Å². The molecule has 0 bridgehead atoms. The maximum absolute atomic E-state index is 6.97. The van der Waals surface area contributed by atoms with Gasteiger partial charge in [-0.3, -0.25) is 0 Å². The Bertz CT molecular complexity index is 2290. The van der Waals surface area contributed by atoms with Gasteiger partial charge in [-0.15, -0.1) is 0 Å². The summed E-state index contributed by atoms with van der Waals surface area (Å²) >= 11 is 0. The van der Waals surface area contributed by atoms with E-state index in [1.54, 1.807) is 0 Å². The minimum absolute atomic E-state index is 0.919. The zero-order chi connectivity index (χ0) is 27.8. The van der Waals surface area contributed by atoms with Crippen molar-refractivity contribution in [3.63, 3.8) is 0 Å². The van der Waals surface area contributed by atoms with Gasteiger partial charge < -0.3 is 4.42 Å². The minimum atomic E-state index is 0.919. The van der Waals surface area contributed by atoms with Crippen LogP contribution in [0.2, 0.25) is 0 Å². The highest BCUT2D eigenvalue weighted by atomic mass is 16.3. The van der Waals surface area contributed by atoms with Gasteiger partial charge in [0.2, 0.25) is 0 Å². The van der Waals surface area contributed by atoms with E-state index in [0.29, 0.717) is 0 Å². The van der Waals surface area contributed by atoms with Crippen LogP contribution in [0.25, 0.3) is 76.7 Å². The molecule has 0 atom stereocenters. The lowest BCUT2D eigenvalue weighted by atomic mass is 9.83. The van der Waals surface area contributed by atoms with Crippen molar-refractivity contribution in [2.45, 2.75) is 19.8 Å². The third-order valence-electron chi connectivity index (χ3n) is 9.20. The first kappa shape index (κ1) is 23.6. The number of aryl methyl sites for hydroxylation is 3. The number of hydrogen-bond donors (Lipinski definition) is 0. The Morgan fingerprint density at radius 3 is 1.81 bits per heavy atom. The lowest BCUT2D eigenvalue weighted by Crippen LogP contribution is -2.01. The molecule has 1 heteroatoms. The molecule has 42 heavy (non-hydrogen) atoms. The Labute approximate surface area is 244 Å². The summed E-state index contributed by atoms with van der Waals surface area (Å²) in [4.78, 5) is 0. The van der Waals surface area contributed by atoms with E-state index >= 15 is 0 Å². The molecule has 0 aliphatic heterocycles. The van der Waals surface area contributed by atoms with E-state index < -0.39 is 0 Å². The summed E-state index contributed by atoms with van der Waals surface area (Å²) in [5, 5.41) is 8.75. The third-order valence-corrected chi connectivity index (χ3v) is 9.20. The maximum atomic E-state index is 6.97. The first-order valence-electron chi connectivity index (χ1n) is 14.8. The van der Waals surface area contributed by atoms with Crippen LogP contribution >= 0.6 is 0 Å². The molecule has 1 heterocycles. The van der Waals surface area contributed by atoms with Gasteiger partial charge >= 0.3 is 0 Å². The lowest BCUT2D eigenvalue weighted by Gasteiger charge is -2.18. The largest absolute Gasteiger partial charge is 0.460 e. The van der Waals surface area contributed by atoms with Crippen molar-refractivity contribution >= 4 is 43.3 Å². The summed E-state index contributed by atoms with van der Waals surface area (Å²) in [6.07, 6.45) is 1.93. The van der Waals surface area contributed by atoms with Crippen LogP contribution in [0.4, 0.5) is 0 Å². The van der Waals surface area contributed by atoms with Gasteiger partial charge in [0, 0.05) is 28.5 Å². The quantitative estimate of drug-likeness (QED) is 0.200. The van der Waals surface area contributed by atoms with E-state index in [1.807, 2.05) is 0 Å². The summed E-state index contributed by atoms with van der Waals surface area (Å²) < 4.78 is 6.97. The molecule has 7 aromatic carbocycles. The Morgan fingerprint density at radius 1 is 0.500 bits per heavy atom. The molecule has 1 aliphatic carbocycles. The monoisotopic (exact) mass is 536 g/mol. The molecule has 0 spiro atoms. The molecule has 1 nitrogen and oxygen atoms in total. The van der Waals surface area contributed by atoms with Crippen LogP contribution in [0, 0.1) is 6.92 Å². The van der Waals surface area contributed by atoms with Crippen molar-refractivity contribution in [3.8, 4) is 33.4 Å². The number of rotatable bonds is 2. The highest BCUT2D eigenvalue weighted by molar-refractivity contribution is 6.26. The molecule has 0 radical (unpaired) electrons. The first-order chi connectivity index (χ1) is 20.8. The molecule has 198 valence electrons. The molecule has 0 saturated heterocycles. The molecule has 0 fully saturated rings. The van der Waals surface area contributed by atoms with Gasteiger partial charge in [-0.2, -0.15) is 0 Å². The molecule has 0 amide bonds. The zero-order valence-electron chi connectivity index (χ0n) is 23.4. The molecular weight excluding hydrogens is 508 g/mol. The summed E-state index contributed by atoms with van der Waals surface area (Å²) in [5.41, 5.74) is 11.2. The van der Waals surface area contributed by atoms with Crippen LogP contribution in [0.1, 0.15) is 16.9 Å². The molecule has 8 aromatic rings. The predicted molar refractivity (Wildman–Crippen MR) is 177 cm³/mol. The zero-order valence-corrected chi connectivity index (χ0v) is 23.4. The fourth-order valence-corrected chi connectivity index (χ4v) is 7.32. The first-order valence-corrected chi connectivity index (χ1v) is 14.8. The van der Waals surface area contributed by atoms with Crippen LogP contribution in [-0.4, -0.2) is 0 Å². The Balaban J connectivity index is 1.47. The molecule has 1 aromatic heterocycles. The summed E-state index contributed by atoms with van der Waals surface area (Å²) in [5.74, 6) is 1.10. The molecule has 0 saturated carbocycles. The van der Waals surface area contributed by atoms with Crippen LogP contribution < -0.4 is 0 Å². The fourth-order valence-electron chi connectivity index (χ4n) is 7.32. The second-order valence-corrected chi connectivity index (χ2v) is 11.6. The Kier molecular flexibility index (Phi) is 5.01. The summed E-state index contributed by atoms with van der Waals surface area (Å²) in [6.45, 7) is 2.15. The maximum Gasteiger partial charge on any atom is 0.143 e. The Morgan fingerprint density at radius 2 is 1.10 bits per heavy atom. The number of hydrogen-bond acceptors (Lipinski definition) is 1. The minimum Gasteiger partial charge on any atom is -0.460 e. The molecule has 0 N–H and O–H groups in total. The van der Waals surface area contributed by atoms with Crippen LogP contribution in [0.3, 0.4) is 0 Å². The van der Waals surface area contributed by atoms with Gasteiger partial charge in [0.15, 0.2) is 0 Å². The van der Waals surface area contributed by atoms with E-state index in [4.69, 9.17) is 4.42 Å². The van der Waals surface area contributed by atoms with E-state index in [1.165, 1.54) is 82.2 Å². The summed E-state index contributed by atoms with van der Waals surface area (Å²) in [7, 11) is 0.